The van der Waals surface area contributed by atoms with E-state index in [4.69, 9.17) is 4.74 Å². The van der Waals surface area contributed by atoms with E-state index in [-0.39, 0.29) is 11.6 Å². The molecule has 0 bridgehead atoms. The lowest BCUT2D eigenvalue weighted by molar-refractivity contribution is 0.387. The van der Waals surface area contributed by atoms with Gasteiger partial charge in [0.15, 0.2) is 11.6 Å². The lowest BCUT2D eigenvalue weighted by atomic mass is 9.97. The quantitative estimate of drug-likeness (QED) is 0.840. The number of halogens is 1. The Hall–Kier alpha value is -1.87. The number of hydrogen-bond acceptors (Lipinski definition) is 2. The van der Waals surface area contributed by atoms with Gasteiger partial charge in [0.1, 0.15) is 0 Å². The molecular weight excluding hydrogens is 265 g/mol. The summed E-state index contributed by atoms with van der Waals surface area (Å²) in [5.41, 5.74) is 2.63. The first kappa shape index (κ1) is 15.5. The maximum atomic E-state index is 14.4. The first-order valence-corrected chi connectivity index (χ1v) is 7.37. The summed E-state index contributed by atoms with van der Waals surface area (Å²) >= 11 is 0. The Kier molecular flexibility index (Phi) is 5.34. The summed E-state index contributed by atoms with van der Waals surface area (Å²) in [5.74, 6) is -0.0368. The highest BCUT2D eigenvalue weighted by atomic mass is 19.1. The zero-order valence-electron chi connectivity index (χ0n) is 12.8. The van der Waals surface area contributed by atoms with E-state index in [2.05, 4.69) is 31.3 Å². The van der Waals surface area contributed by atoms with Gasteiger partial charge in [0, 0.05) is 11.6 Å². The molecule has 0 saturated carbocycles. The smallest absolute Gasteiger partial charge is 0.172 e. The zero-order valence-corrected chi connectivity index (χ0v) is 12.8. The van der Waals surface area contributed by atoms with Crippen LogP contribution >= 0.6 is 0 Å². The topological polar surface area (TPSA) is 21.3 Å². The monoisotopic (exact) mass is 287 g/mol. The van der Waals surface area contributed by atoms with Gasteiger partial charge in [0.25, 0.3) is 0 Å². The Morgan fingerprint density at radius 2 is 1.90 bits per heavy atom. The highest BCUT2D eigenvalue weighted by molar-refractivity contribution is 5.67. The minimum Gasteiger partial charge on any atom is -0.494 e. The van der Waals surface area contributed by atoms with Crippen molar-refractivity contribution in [3.63, 3.8) is 0 Å². The Morgan fingerprint density at radius 3 is 2.57 bits per heavy atom. The van der Waals surface area contributed by atoms with Crippen molar-refractivity contribution in [2.75, 3.05) is 13.7 Å². The molecule has 0 fully saturated rings. The Labute approximate surface area is 126 Å². The van der Waals surface area contributed by atoms with Crippen LogP contribution in [0.25, 0.3) is 11.1 Å². The molecule has 0 saturated heterocycles. The summed E-state index contributed by atoms with van der Waals surface area (Å²) in [6, 6.07) is 13.6. The summed E-state index contributed by atoms with van der Waals surface area (Å²) in [7, 11) is 1.48. The van der Waals surface area contributed by atoms with Crippen molar-refractivity contribution in [3.8, 4) is 16.9 Å². The van der Waals surface area contributed by atoms with Crippen LogP contribution in [-0.4, -0.2) is 13.7 Å². The third-order valence-corrected chi connectivity index (χ3v) is 3.64. The maximum absolute atomic E-state index is 14.4. The average molecular weight is 287 g/mol. The van der Waals surface area contributed by atoms with Gasteiger partial charge in [-0.05, 0) is 36.2 Å². The van der Waals surface area contributed by atoms with E-state index in [9.17, 15) is 4.39 Å². The molecular formula is C18H22FNO. The first-order chi connectivity index (χ1) is 10.2. The SMILES string of the molecule is CCNC(CC)c1cccc(-c2cccc(OC)c2F)c1. The molecule has 2 nitrogen and oxygen atoms in total. The fraction of sp³-hybridized carbons (Fsp3) is 0.333. The summed E-state index contributed by atoms with van der Waals surface area (Å²) in [5, 5.41) is 3.45. The molecule has 0 heterocycles. The van der Waals surface area contributed by atoms with Gasteiger partial charge in [-0.15, -0.1) is 0 Å². The zero-order chi connectivity index (χ0) is 15.2. The molecule has 0 aliphatic carbocycles. The van der Waals surface area contributed by atoms with Crippen LogP contribution in [0, 0.1) is 5.82 Å². The van der Waals surface area contributed by atoms with Crippen LogP contribution in [0.3, 0.4) is 0 Å². The molecule has 0 aliphatic heterocycles. The number of benzene rings is 2. The number of hydrogen-bond donors (Lipinski definition) is 1. The van der Waals surface area contributed by atoms with Crippen molar-refractivity contribution in [1.82, 2.24) is 5.32 Å². The molecule has 0 aliphatic rings. The van der Waals surface area contributed by atoms with Crippen LogP contribution in [0.4, 0.5) is 4.39 Å². The van der Waals surface area contributed by atoms with Crippen molar-refractivity contribution < 1.29 is 9.13 Å². The molecule has 2 aromatic carbocycles. The van der Waals surface area contributed by atoms with Gasteiger partial charge >= 0.3 is 0 Å². The first-order valence-electron chi connectivity index (χ1n) is 7.37. The molecule has 3 heteroatoms. The van der Waals surface area contributed by atoms with Crippen LogP contribution in [0.5, 0.6) is 5.75 Å². The van der Waals surface area contributed by atoms with E-state index in [1.807, 2.05) is 18.2 Å². The Bertz CT molecular complexity index is 598. The van der Waals surface area contributed by atoms with E-state index in [1.54, 1.807) is 12.1 Å². The lowest BCUT2D eigenvalue weighted by Gasteiger charge is -2.17. The molecule has 0 radical (unpaired) electrons. The van der Waals surface area contributed by atoms with Gasteiger partial charge in [0.2, 0.25) is 0 Å². The molecule has 0 spiro atoms. The second kappa shape index (κ2) is 7.23. The minimum atomic E-state index is -0.311. The Morgan fingerprint density at radius 1 is 1.14 bits per heavy atom. The minimum absolute atomic E-state index is 0.275. The molecule has 1 atom stereocenters. The maximum Gasteiger partial charge on any atom is 0.172 e. The fourth-order valence-corrected chi connectivity index (χ4v) is 2.56. The number of nitrogens with one attached hydrogen (secondary N) is 1. The van der Waals surface area contributed by atoms with Gasteiger partial charge in [-0.3, -0.25) is 0 Å². The van der Waals surface area contributed by atoms with E-state index >= 15 is 0 Å². The molecule has 2 rings (SSSR count). The third-order valence-electron chi connectivity index (χ3n) is 3.64. The van der Waals surface area contributed by atoms with E-state index in [0.29, 0.717) is 11.6 Å². The molecule has 112 valence electrons. The van der Waals surface area contributed by atoms with Crippen molar-refractivity contribution in [1.29, 1.82) is 0 Å². The molecule has 2 aromatic rings. The molecule has 1 unspecified atom stereocenters. The molecule has 0 amide bonds. The molecule has 1 N–H and O–H groups in total. The van der Waals surface area contributed by atoms with E-state index in [0.717, 1.165) is 18.5 Å². The van der Waals surface area contributed by atoms with Gasteiger partial charge in [-0.2, -0.15) is 0 Å². The standard InChI is InChI=1S/C18H22FNO/c1-4-16(20-5-2)14-9-6-8-13(12-14)15-10-7-11-17(21-3)18(15)19/h6-12,16,20H,4-5H2,1-3H3. The van der Waals surface area contributed by atoms with Crippen molar-refractivity contribution >= 4 is 0 Å². The van der Waals surface area contributed by atoms with Crippen LogP contribution in [0.2, 0.25) is 0 Å². The summed E-state index contributed by atoms with van der Waals surface area (Å²) in [6.07, 6.45) is 0.998. The highest BCUT2D eigenvalue weighted by Gasteiger charge is 2.13. The molecule has 0 aromatic heterocycles. The second-order valence-corrected chi connectivity index (χ2v) is 4.97. The predicted molar refractivity (Wildman–Crippen MR) is 85.1 cm³/mol. The van der Waals surface area contributed by atoms with Crippen LogP contribution in [0.1, 0.15) is 31.9 Å². The molecule has 21 heavy (non-hydrogen) atoms. The van der Waals surface area contributed by atoms with Crippen LogP contribution in [0.15, 0.2) is 42.5 Å². The van der Waals surface area contributed by atoms with Gasteiger partial charge in [0.05, 0.1) is 7.11 Å². The van der Waals surface area contributed by atoms with Crippen LogP contribution in [-0.2, 0) is 0 Å². The predicted octanol–water partition coefficient (Wildman–Crippen LogP) is 4.56. The van der Waals surface area contributed by atoms with Crippen molar-refractivity contribution in [2.45, 2.75) is 26.3 Å². The number of ether oxygens (including phenoxy) is 1. The third kappa shape index (κ3) is 3.42. The summed E-state index contributed by atoms with van der Waals surface area (Å²) < 4.78 is 19.4. The highest BCUT2D eigenvalue weighted by Crippen LogP contribution is 2.30. The fourth-order valence-electron chi connectivity index (χ4n) is 2.56. The Balaban J connectivity index is 2.42. The number of methoxy groups -OCH3 is 1. The van der Waals surface area contributed by atoms with Crippen LogP contribution < -0.4 is 10.1 Å². The summed E-state index contributed by atoms with van der Waals surface area (Å²) in [4.78, 5) is 0. The summed E-state index contributed by atoms with van der Waals surface area (Å²) in [6.45, 7) is 5.15. The van der Waals surface area contributed by atoms with Crippen molar-refractivity contribution in [3.05, 3.63) is 53.8 Å². The largest absolute Gasteiger partial charge is 0.494 e. The van der Waals surface area contributed by atoms with Gasteiger partial charge < -0.3 is 10.1 Å². The average Bonchev–Trinajstić information content (AvgIpc) is 2.53. The number of rotatable bonds is 6. The van der Waals surface area contributed by atoms with Crippen molar-refractivity contribution in [2.24, 2.45) is 0 Å². The van der Waals surface area contributed by atoms with E-state index in [1.165, 1.54) is 12.7 Å². The van der Waals surface area contributed by atoms with Gasteiger partial charge in [-0.25, -0.2) is 4.39 Å². The van der Waals surface area contributed by atoms with Gasteiger partial charge in [-0.1, -0.05) is 44.2 Å². The normalized spacial score (nSPS) is 12.2. The van der Waals surface area contributed by atoms with E-state index < -0.39 is 0 Å². The second-order valence-electron chi connectivity index (χ2n) is 4.97. The lowest BCUT2D eigenvalue weighted by Crippen LogP contribution is -2.19.